The Labute approximate surface area is 160 Å². The average Bonchev–Trinajstić information content (AvgIpc) is 2.67. The van der Waals surface area contributed by atoms with Crippen molar-refractivity contribution in [1.29, 1.82) is 0 Å². The molecule has 1 aromatic heterocycles. The van der Waals surface area contributed by atoms with Gasteiger partial charge in [0.2, 0.25) is 0 Å². The summed E-state index contributed by atoms with van der Waals surface area (Å²) < 4.78 is 5.69. The van der Waals surface area contributed by atoms with Gasteiger partial charge in [-0.05, 0) is 49.9 Å². The summed E-state index contributed by atoms with van der Waals surface area (Å²) in [5.41, 5.74) is 1.15. The molecule has 1 aromatic carbocycles. The third-order valence-corrected chi connectivity index (χ3v) is 3.90. The first-order chi connectivity index (χ1) is 12.8. The lowest BCUT2D eigenvalue weighted by atomic mass is 10.2. The van der Waals surface area contributed by atoms with Gasteiger partial charge in [-0.1, -0.05) is 35.9 Å². The number of aromatic nitrogens is 1. The van der Waals surface area contributed by atoms with E-state index in [-0.39, 0.29) is 0 Å². The summed E-state index contributed by atoms with van der Waals surface area (Å²) in [6.45, 7) is 5.19. The molecule has 0 fully saturated rings. The molecule has 0 radical (unpaired) electrons. The van der Waals surface area contributed by atoms with Crippen LogP contribution in [0.25, 0.3) is 0 Å². The lowest BCUT2D eigenvalue weighted by Gasteiger charge is -2.11. The van der Waals surface area contributed by atoms with E-state index in [1.807, 2.05) is 42.5 Å². The van der Waals surface area contributed by atoms with E-state index in [0.717, 1.165) is 56.2 Å². The normalized spacial score (nSPS) is 11.2. The highest BCUT2D eigenvalue weighted by Gasteiger charge is 1.99. The van der Waals surface area contributed by atoms with Crippen molar-refractivity contribution in [2.24, 2.45) is 4.99 Å². The molecule has 6 heteroatoms. The number of nitrogens with zero attached hydrogens (tertiary/aromatic N) is 2. The van der Waals surface area contributed by atoms with Gasteiger partial charge in [-0.3, -0.25) is 4.99 Å². The van der Waals surface area contributed by atoms with Gasteiger partial charge in [-0.2, -0.15) is 0 Å². The Hall–Kier alpha value is -2.27. The van der Waals surface area contributed by atoms with Gasteiger partial charge >= 0.3 is 0 Å². The highest BCUT2D eigenvalue weighted by molar-refractivity contribution is 6.29. The van der Waals surface area contributed by atoms with Crippen LogP contribution in [0.4, 0.5) is 0 Å². The van der Waals surface area contributed by atoms with Crippen LogP contribution in [0, 0.1) is 0 Å². The molecule has 0 saturated heterocycles. The van der Waals surface area contributed by atoms with Crippen LogP contribution >= 0.6 is 11.6 Å². The molecule has 0 spiro atoms. The second-order valence-electron chi connectivity index (χ2n) is 5.80. The fourth-order valence-corrected chi connectivity index (χ4v) is 2.44. The lowest BCUT2D eigenvalue weighted by Crippen LogP contribution is -2.38. The number of ether oxygens (including phenoxy) is 1. The summed E-state index contributed by atoms with van der Waals surface area (Å²) in [5, 5.41) is 7.13. The quantitative estimate of drug-likeness (QED) is 0.288. The summed E-state index contributed by atoms with van der Waals surface area (Å²) in [6.07, 6.45) is 4.65. The average molecular weight is 375 g/mol. The Morgan fingerprint density at radius 3 is 2.69 bits per heavy atom. The minimum absolute atomic E-state index is 0.521. The van der Waals surface area contributed by atoms with E-state index in [4.69, 9.17) is 16.3 Å². The molecule has 2 rings (SSSR count). The molecule has 5 nitrogen and oxygen atoms in total. The Morgan fingerprint density at radius 1 is 1.12 bits per heavy atom. The molecule has 0 amide bonds. The van der Waals surface area contributed by atoms with Crippen molar-refractivity contribution in [2.45, 2.75) is 26.2 Å². The van der Waals surface area contributed by atoms with Crippen LogP contribution in [-0.2, 0) is 6.42 Å². The van der Waals surface area contributed by atoms with Gasteiger partial charge in [0.1, 0.15) is 10.9 Å². The molecule has 140 valence electrons. The van der Waals surface area contributed by atoms with Crippen LogP contribution < -0.4 is 15.4 Å². The number of unbranched alkanes of at least 4 members (excludes halogenated alkanes) is 1. The van der Waals surface area contributed by atoms with Crippen LogP contribution in [0.5, 0.6) is 5.75 Å². The second-order valence-corrected chi connectivity index (χ2v) is 6.18. The standard InChI is InChI=1S/C20H27ClN4O/c1-2-22-20(24-14-12-17-10-11-19(21)25-16-17)23-13-6-7-15-26-18-8-4-3-5-9-18/h3-5,8-11,16H,2,6-7,12-15H2,1H3,(H2,22,23,24). The van der Waals surface area contributed by atoms with Crippen LogP contribution in [0.15, 0.2) is 53.7 Å². The number of benzene rings is 1. The van der Waals surface area contributed by atoms with E-state index >= 15 is 0 Å². The van der Waals surface area contributed by atoms with Gasteiger partial charge in [0.15, 0.2) is 5.96 Å². The predicted molar refractivity (Wildman–Crippen MR) is 108 cm³/mol. The van der Waals surface area contributed by atoms with Gasteiger partial charge < -0.3 is 15.4 Å². The first-order valence-electron chi connectivity index (χ1n) is 9.08. The van der Waals surface area contributed by atoms with Crippen LogP contribution in [-0.4, -0.2) is 37.2 Å². The second kappa shape index (κ2) is 12.1. The van der Waals surface area contributed by atoms with Crippen molar-refractivity contribution in [1.82, 2.24) is 15.6 Å². The van der Waals surface area contributed by atoms with E-state index in [0.29, 0.717) is 11.8 Å². The Bertz CT molecular complexity index is 647. The lowest BCUT2D eigenvalue weighted by molar-refractivity contribution is 0.308. The SMILES string of the molecule is CCNC(=NCCCCOc1ccccc1)NCCc1ccc(Cl)nc1. The minimum Gasteiger partial charge on any atom is -0.494 e. The molecule has 2 aromatic rings. The maximum absolute atomic E-state index is 5.80. The van der Waals surface area contributed by atoms with Crippen LogP contribution in [0.3, 0.4) is 0 Å². The van der Waals surface area contributed by atoms with Crippen molar-refractivity contribution in [3.8, 4) is 5.75 Å². The fraction of sp³-hybridized carbons (Fsp3) is 0.400. The topological polar surface area (TPSA) is 58.5 Å². The number of hydrogen-bond donors (Lipinski definition) is 2. The molecular formula is C20H27ClN4O. The number of nitrogens with one attached hydrogen (secondary N) is 2. The van der Waals surface area contributed by atoms with Crippen molar-refractivity contribution >= 4 is 17.6 Å². The number of halogens is 1. The Kier molecular flexibility index (Phi) is 9.36. The highest BCUT2D eigenvalue weighted by atomic mass is 35.5. The molecule has 0 bridgehead atoms. The van der Waals surface area contributed by atoms with E-state index < -0.39 is 0 Å². The molecule has 0 aliphatic rings. The van der Waals surface area contributed by atoms with Gasteiger partial charge in [0.25, 0.3) is 0 Å². The minimum atomic E-state index is 0.521. The van der Waals surface area contributed by atoms with Crippen molar-refractivity contribution in [2.75, 3.05) is 26.2 Å². The van der Waals surface area contributed by atoms with Crippen molar-refractivity contribution < 1.29 is 4.74 Å². The summed E-state index contributed by atoms with van der Waals surface area (Å²) in [6, 6.07) is 13.7. The summed E-state index contributed by atoms with van der Waals surface area (Å²) in [7, 11) is 0. The predicted octanol–water partition coefficient (Wildman–Crippen LogP) is 3.69. The zero-order valence-electron chi connectivity index (χ0n) is 15.2. The van der Waals surface area contributed by atoms with Crippen molar-refractivity contribution in [3.05, 3.63) is 59.4 Å². The zero-order valence-corrected chi connectivity index (χ0v) is 16.0. The van der Waals surface area contributed by atoms with E-state index in [2.05, 4.69) is 27.5 Å². The third kappa shape index (κ3) is 8.21. The number of para-hydroxylation sites is 1. The van der Waals surface area contributed by atoms with Gasteiger partial charge in [-0.25, -0.2) is 4.98 Å². The highest BCUT2D eigenvalue weighted by Crippen LogP contribution is 2.08. The van der Waals surface area contributed by atoms with Crippen LogP contribution in [0.1, 0.15) is 25.3 Å². The number of guanidine groups is 1. The summed E-state index contributed by atoms with van der Waals surface area (Å²) in [5.74, 6) is 1.76. The molecule has 0 aliphatic heterocycles. The molecule has 0 unspecified atom stereocenters. The first kappa shape index (κ1) is 20.0. The van der Waals surface area contributed by atoms with Crippen molar-refractivity contribution in [3.63, 3.8) is 0 Å². The van der Waals surface area contributed by atoms with E-state index in [1.54, 1.807) is 6.20 Å². The molecule has 26 heavy (non-hydrogen) atoms. The van der Waals surface area contributed by atoms with Gasteiger partial charge in [-0.15, -0.1) is 0 Å². The molecule has 0 saturated carbocycles. The molecule has 0 atom stereocenters. The largest absolute Gasteiger partial charge is 0.494 e. The van der Waals surface area contributed by atoms with Crippen LogP contribution in [0.2, 0.25) is 5.15 Å². The summed E-state index contributed by atoms with van der Waals surface area (Å²) >= 11 is 5.80. The third-order valence-electron chi connectivity index (χ3n) is 3.67. The summed E-state index contributed by atoms with van der Waals surface area (Å²) in [4.78, 5) is 8.70. The number of pyridine rings is 1. The number of aliphatic imine (C=N–C) groups is 1. The maximum Gasteiger partial charge on any atom is 0.191 e. The molecule has 1 heterocycles. The fourth-order valence-electron chi connectivity index (χ4n) is 2.33. The van der Waals surface area contributed by atoms with E-state index in [1.165, 1.54) is 0 Å². The van der Waals surface area contributed by atoms with E-state index in [9.17, 15) is 0 Å². The number of hydrogen-bond acceptors (Lipinski definition) is 3. The molecule has 0 aliphatic carbocycles. The Balaban J connectivity index is 1.63. The number of rotatable bonds is 10. The first-order valence-corrected chi connectivity index (χ1v) is 9.46. The molecular weight excluding hydrogens is 348 g/mol. The van der Waals surface area contributed by atoms with Gasteiger partial charge in [0.05, 0.1) is 6.61 Å². The van der Waals surface area contributed by atoms with Gasteiger partial charge in [0, 0.05) is 25.8 Å². The smallest absolute Gasteiger partial charge is 0.191 e. The maximum atomic E-state index is 5.80. The molecule has 2 N–H and O–H groups in total. The monoisotopic (exact) mass is 374 g/mol. The Morgan fingerprint density at radius 2 is 1.96 bits per heavy atom. The zero-order chi connectivity index (χ0) is 18.5.